The molecule has 4 nitrogen and oxygen atoms in total. The van der Waals surface area contributed by atoms with Gasteiger partial charge in [-0.25, -0.2) is 9.37 Å². The van der Waals surface area contributed by atoms with Crippen LogP contribution in [0.25, 0.3) is 28.1 Å². The molecule has 0 bridgehead atoms. The van der Waals surface area contributed by atoms with Gasteiger partial charge in [-0.05, 0) is 82.5 Å². The number of halogens is 3. The maximum atomic E-state index is 14.5. The number of nitrogens with zero attached hydrogens (tertiary/aromatic N) is 2. The molecule has 0 atom stereocenters. The van der Waals surface area contributed by atoms with E-state index in [-0.39, 0.29) is 18.1 Å². The minimum atomic E-state index is -0.496. The van der Waals surface area contributed by atoms with Crippen molar-refractivity contribution in [1.29, 1.82) is 0 Å². The summed E-state index contributed by atoms with van der Waals surface area (Å²) in [6.45, 7) is 0. The fourth-order valence-electron chi connectivity index (χ4n) is 5.07. The number of rotatable bonds is 8. The normalized spacial score (nSPS) is 14.5. The molecular weight excluding hydrogens is 548 g/mol. The van der Waals surface area contributed by atoms with Crippen LogP contribution in [0.1, 0.15) is 46.5 Å². The number of allylic oxidation sites excluding steroid dienone is 2. The molecule has 1 N–H and O–H groups in total. The summed E-state index contributed by atoms with van der Waals surface area (Å²) in [7, 11) is 0. The van der Waals surface area contributed by atoms with E-state index in [1.54, 1.807) is 36.5 Å². The molecule has 0 saturated heterocycles. The predicted molar refractivity (Wildman–Crippen MR) is 157 cm³/mol. The summed E-state index contributed by atoms with van der Waals surface area (Å²) < 4.78 is 28.6. The highest BCUT2D eigenvalue weighted by Gasteiger charge is 2.29. The van der Waals surface area contributed by atoms with Gasteiger partial charge in [-0.15, -0.1) is 11.3 Å². The zero-order valence-corrected chi connectivity index (χ0v) is 22.9. The van der Waals surface area contributed by atoms with Crippen LogP contribution < -0.4 is 0 Å². The van der Waals surface area contributed by atoms with Gasteiger partial charge in [0.05, 0.1) is 22.3 Å². The van der Waals surface area contributed by atoms with Gasteiger partial charge in [-0.3, -0.25) is 9.89 Å². The lowest BCUT2D eigenvalue weighted by Crippen LogP contribution is -2.15. The van der Waals surface area contributed by atoms with Gasteiger partial charge in [0.25, 0.3) is 0 Å². The Bertz CT molecular complexity index is 1750. The highest BCUT2D eigenvalue weighted by molar-refractivity contribution is 7.09. The standard InChI is InChI=1S/C32H24ClF2N3OS/c33-27-17-23(34)10-12-25(27)31(20-2-1-3-20)30(22-9-13-28-26(16-22)32(35)38-37-28)21-7-4-19(5-8-21)6-11-24(39)18-29-36-14-15-40-29/h4-17,20H,1-3,18H2,(H,37,38)/b11-6+,31-30+. The first-order chi connectivity index (χ1) is 19.5. The van der Waals surface area contributed by atoms with Crippen molar-refractivity contribution in [2.75, 3.05) is 0 Å². The third kappa shape index (κ3) is 5.40. The molecule has 40 heavy (non-hydrogen) atoms. The van der Waals surface area contributed by atoms with Crippen molar-refractivity contribution >= 4 is 56.8 Å². The van der Waals surface area contributed by atoms with Crippen LogP contribution in [0.3, 0.4) is 0 Å². The average Bonchev–Trinajstić information content (AvgIpc) is 3.56. The van der Waals surface area contributed by atoms with Crippen molar-refractivity contribution in [2.24, 2.45) is 5.92 Å². The van der Waals surface area contributed by atoms with Crippen LogP contribution in [0, 0.1) is 17.7 Å². The molecule has 200 valence electrons. The number of nitrogens with one attached hydrogen (secondary N) is 1. The van der Waals surface area contributed by atoms with E-state index < -0.39 is 11.8 Å². The van der Waals surface area contributed by atoms with Crippen LogP contribution in [0.15, 0.2) is 78.3 Å². The highest BCUT2D eigenvalue weighted by Crippen LogP contribution is 2.47. The minimum Gasteiger partial charge on any atom is -0.294 e. The van der Waals surface area contributed by atoms with Gasteiger partial charge in [0.15, 0.2) is 5.78 Å². The predicted octanol–water partition coefficient (Wildman–Crippen LogP) is 8.54. The van der Waals surface area contributed by atoms with Gasteiger partial charge >= 0.3 is 0 Å². The van der Waals surface area contributed by atoms with Gasteiger partial charge < -0.3 is 0 Å². The first-order valence-electron chi connectivity index (χ1n) is 13.0. The van der Waals surface area contributed by atoms with Crippen molar-refractivity contribution < 1.29 is 13.6 Å². The SMILES string of the molecule is O=C(/C=C/c1ccc(/C(=C(\c2ccc(F)cc2Cl)C2CCC2)c2ccc3n[nH]c(F)c3c2)cc1)Cc1nccs1. The summed E-state index contributed by atoms with van der Waals surface area (Å²) in [4.78, 5) is 16.5. The van der Waals surface area contributed by atoms with Crippen LogP contribution in [0.5, 0.6) is 0 Å². The Hall–Kier alpha value is -3.94. The van der Waals surface area contributed by atoms with Gasteiger partial charge in [0, 0.05) is 11.6 Å². The third-order valence-corrected chi connectivity index (χ3v) is 8.36. The molecule has 2 aromatic heterocycles. The summed E-state index contributed by atoms with van der Waals surface area (Å²) in [5.74, 6) is -0.686. The van der Waals surface area contributed by atoms with Crippen molar-refractivity contribution in [3.63, 3.8) is 0 Å². The molecule has 0 spiro atoms. The van der Waals surface area contributed by atoms with Gasteiger partial charge in [0.2, 0.25) is 5.95 Å². The molecule has 1 fully saturated rings. The second-order valence-corrected chi connectivity index (χ2v) is 11.2. The number of ketones is 1. The first-order valence-corrected chi connectivity index (χ1v) is 14.3. The first kappa shape index (κ1) is 26.3. The van der Waals surface area contributed by atoms with Crippen LogP contribution in [-0.2, 0) is 11.2 Å². The van der Waals surface area contributed by atoms with Gasteiger partial charge in [0.1, 0.15) is 10.8 Å². The lowest BCUT2D eigenvalue weighted by molar-refractivity contribution is -0.113. The molecule has 3 aromatic carbocycles. The van der Waals surface area contributed by atoms with Crippen molar-refractivity contribution in [1.82, 2.24) is 15.2 Å². The zero-order valence-electron chi connectivity index (χ0n) is 21.3. The Morgan fingerprint density at radius 2 is 1.85 bits per heavy atom. The van der Waals surface area contributed by atoms with E-state index in [1.165, 1.54) is 23.5 Å². The second-order valence-electron chi connectivity index (χ2n) is 9.83. The lowest BCUT2D eigenvalue weighted by atomic mass is 9.73. The summed E-state index contributed by atoms with van der Waals surface area (Å²) in [6, 6.07) is 17.9. The molecule has 0 radical (unpaired) electrons. The van der Waals surface area contributed by atoms with E-state index in [0.29, 0.717) is 15.9 Å². The molecule has 5 aromatic rings. The van der Waals surface area contributed by atoms with Crippen molar-refractivity contribution in [3.05, 3.63) is 122 Å². The Morgan fingerprint density at radius 1 is 1.05 bits per heavy atom. The molecule has 0 aliphatic heterocycles. The third-order valence-electron chi connectivity index (χ3n) is 7.27. The van der Waals surface area contributed by atoms with Crippen molar-refractivity contribution in [2.45, 2.75) is 25.7 Å². The van der Waals surface area contributed by atoms with E-state index >= 15 is 0 Å². The molecule has 0 amide bonds. The molecule has 1 saturated carbocycles. The molecule has 0 unspecified atom stereocenters. The van der Waals surface area contributed by atoms with E-state index in [2.05, 4.69) is 15.2 Å². The molecular formula is C32H24ClF2N3OS. The van der Waals surface area contributed by atoms with E-state index in [0.717, 1.165) is 57.7 Å². The number of aromatic nitrogens is 3. The maximum Gasteiger partial charge on any atom is 0.216 e. The quantitative estimate of drug-likeness (QED) is 0.150. The van der Waals surface area contributed by atoms with Crippen LogP contribution in [0.2, 0.25) is 5.02 Å². The smallest absolute Gasteiger partial charge is 0.216 e. The number of fused-ring (bicyclic) bond motifs is 1. The van der Waals surface area contributed by atoms with Crippen LogP contribution in [-0.4, -0.2) is 21.0 Å². The number of thiazole rings is 1. The zero-order chi connectivity index (χ0) is 27.6. The van der Waals surface area contributed by atoms with Crippen LogP contribution in [0.4, 0.5) is 8.78 Å². The maximum absolute atomic E-state index is 14.5. The number of H-pyrrole nitrogens is 1. The fourth-order valence-corrected chi connectivity index (χ4v) is 5.97. The molecule has 8 heteroatoms. The summed E-state index contributed by atoms with van der Waals surface area (Å²) in [5.41, 5.74) is 5.84. The number of benzene rings is 3. The molecule has 6 rings (SSSR count). The minimum absolute atomic E-state index is 0.0201. The number of hydrogen-bond acceptors (Lipinski definition) is 4. The highest BCUT2D eigenvalue weighted by atomic mass is 35.5. The number of hydrogen-bond donors (Lipinski definition) is 1. The Balaban J connectivity index is 1.45. The fraction of sp³-hybridized carbons (Fsp3) is 0.156. The monoisotopic (exact) mass is 571 g/mol. The Morgan fingerprint density at radius 3 is 2.55 bits per heavy atom. The van der Waals surface area contributed by atoms with Crippen molar-refractivity contribution in [3.8, 4) is 0 Å². The van der Waals surface area contributed by atoms with Gasteiger partial charge in [-0.2, -0.15) is 9.49 Å². The Kier molecular flexibility index (Phi) is 7.41. The summed E-state index contributed by atoms with van der Waals surface area (Å²) >= 11 is 8.08. The lowest BCUT2D eigenvalue weighted by Gasteiger charge is -2.32. The largest absolute Gasteiger partial charge is 0.294 e. The number of carbonyl (C=O) groups excluding carboxylic acids is 1. The topological polar surface area (TPSA) is 58.6 Å². The average molecular weight is 572 g/mol. The van der Waals surface area contributed by atoms with Crippen LogP contribution >= 0.6 is 22.9 Å². The van der Waals surface area contributed by atoms with E-state index in [9.17, 15) is 13.6 Å². The Labute approximate surface area is 239 Å². The summed E-state index contributed by atoms with van der Waals surface area (Å²) in [5, 5.41) is 9.82. The molecule has 1 aliphatic carbocycles. The molecule has 2 heterocycles. The van der Waals surface area contributed by atoms with Gasteiger partial charge in [-0.1, -0.05) is 60.5 Å². The summed E-state index contributed by atoms with van der Waals surface area (Å²) in [6.07, 6.45) is 8.38. The number of aromatic amines is 1. The van der Waals surface area contributed by atoms with E-state index in [4.69, 9.17) is 11.6 Å². The number of carbonyl (C=O) groups is 1. The molecule has 1 aliphatic rings. The van der Waals surface area contributed by atoms with E-state index in [1.807, 2.05) is 35.7 Å². The second kappa shape index (κ2) is 11.3.